The summed E-state index contributed by atoms with van der Waals surface area (Å²) < 4.78 is 4.42. The highest BCUT2D eigenvalue weighted by Gasteiger charge is 1.95. The molecule has 0 aromatic carbocycles. The monoisotopic (exact) mass is 85.0 g/mol. The van der Waals surface area contributed by atoms with E-state index in [9.17, 15) is 0 Å². The summed E-state index contributed by atoms with van der Waals surface area (Å²) in [7, 11) is 1.08. The predicted octanol–water partition coefficient (Wildman–Crippen LogP) is -0.0298. The molecular weight excluding hydrogens is 82.8 g/mol. The van der Waals surface area contributed by atoms with Gasteiger partial charge in [0.25, 0.3) is 0 Å². The maximum absolute atomic E-state index is 4.42. The van der Waals surface area contributed by atoms with Crippen molar-refractivity contribution >= 4 is 7.69 Å². The van der Waals surface area contributed by atoms with E-state index in [0.29, 0.717) is 0 Å². The van der Waals surface area contributed by atoms with Crippen LogP contribution in [0.15, 0.2) is 12.5 Å². The fourth-order valence-electron chi connectivity index (χ4n) is 0.164. The first-order valence-electron chi connectivity index (χ1n) is 1.44. The standard InChI is InChI=1S/C2H2BO3/c1-2-5-6-3-4-1/h1-2H. The van der Waals surface area contributed by atoms with Crippen LogP contribution in [0, 0.1) is 0 Å². The molecule has 0 fully saturated rings. The van der Waals surface area contributed by atoms with Crippen molar-refractivity contribution < 1.29 is 14.3 Å². The summed E-state index contributed by atoms with van der Waals surface area (Å²) in [6.07, 6.45) is 2.66. The summed E-state index contributed by atoms with van der Waals surface area (Å²) in [5, 5.41) is 0. The summed E-state index contributed by atoms with van der Waals surface area (Å²) >= 11 is 0. The van der Waals surface area contributed by atoms with Crippen molar-refractivity contribution in [2.75, 3.05) is 0 Å². The van der Waals surface area contributed by atoms with Crippen LogP contribution in [0.3, 0.4) is 0 Å². The Morgan fingerprint density at radius 2 is 2.33 bits per heavy atom. The first-order chi connectivity index (χ1) is 3.00. The van der Waals surface area contributed by atoms with Crippen molar-refractivity contribution in [3.63, 3.8) is 0 Å². The van der Waals surface area contributed by atoms with Crippen molar-refractivity contribution in [2.24, 2.45) is 0 Å². The van der Waals surface area contributed by atoms with Gasteiger partial charge in [0.2, 0.25) is 0 Å². The van der Waals surface area contributed by atoms with Crippen LogP contribution in [-0.2, 0) is 14.3 Å². The molecule has 4 heteroatoms. The van der Waals surface area contributed by atoms with Crippen LogP contribution in [0.1, 0.15) is 0 Å². The molecule has 0 amide bonds. The molecule has 0 unspecified atom stereocenters. The van der Waals surface area contributed by atoms with Gasteiger partial charge in [-0.3, -0.25) is 0 Å². The molecule has 0 bridgehead atoms. The Kier molecular flexibility index (Phi) is 1.02. The van der Waals surface area contributed by atoms with Crippen molar-refractivity contribution in [3.05, 3.63) is 12.5 Å². The molecule has 1 rings (SSSR count). The molecule has 0 spiro atoms. The minimum absolute atomic E-state index is 1.08. The quantitative estimate of drug-likeness (QED) is 0.305. The maximum Gasteiger partial charge on any atom is 0.617 e. The minimum Gasteiger partial charge on any atom is -0.538 e. The fraction of sp³-hybridized carbons (Fsp3) is 0. The molecule has 0 saturated heterocycles. The maximum atomic E-state index is 4.42. The van der Waals surface area contributed by atoms with E-state index in [-0.39, 0.29) is 0 Å². The van der Waals surface area contributed by atoms with Crippen LogP contribution in [0.4, 0.5) is 0 Å². The second-order valence-electron chi connectivity index (χ2n) is 0.697. The van der Waals surface area contributed by atoms with Gasteiger partial charge in [0.05, 0.1) is 0 Å². The van der Waals surface area contributed by atoms with Gasteiger partial charge < -0.3 is 9.54 Å². The topological polar surface area (TPSA) is 27.7 Å². The fourth-order valence-corrected chi connectivity index (χ4v) is 0.164. The van der Waals surface area contributed by atoms with Crippen LogP contribution in [-0.4, -0.2) is 7.69 Å². The lowest BCUT2D eigenvalue weighted by Gasteiger charge is -2.01. The predicted molar refractivity (Wildman–Crippen MR) is 18.1 cm³/mol. The third kappa shape index (κ3) is 0.654. The van der Waals surface area contributed by atoms with Gasteiger partial charge in [0.1, 0.15) is 6.26 Å². The van der Waals surface area contributed by atoms with E-state index in [1.807, 2.05) is 0 Å². The number of hydrogen-bond donors (Lipinski definition) is 0. The van der Waals surface area contributed by atoms with Crippen molar-refractivity contribution in [2.45, 2.75) is 0 Å². The Morgan fingerprint density at radius 1 is 1.33 bits per heavy atom. The van der Waals surface area contributed by atoms with Crippen molar-refractivity contribution in [3.8, 4) is 0 Å². The molecule has 3 nitrogen and oxygen atoms in total. The van der Waals surface area contributed by atoms with Crippen LogP contribution in [0.25, 0.3) is 0 Å². The van der Waals surface area contributed by atoms with E-state index in [1.165, 1.54) is 12.5 Å². The molecule has 0 atom stereocenters. The lowest BCUT2D eigenvalue weighted by atomic mass is 10.4. The zero-order chi connectivity index (χ0) is 4.24. The van der Waals surface area contributed by atoms with Crippen LogP contribution in [0.5, 0.6) is 0 Å². The average molecular weight is 84.8 g/mol. The summed E-state index contributed by atoms with van der Waals surface area (Å²) in [4.78, 5) is 8.34. The molecule has 6 heavy (non-hydrogen) atoms. The molecule has 1 radical (unpaired) electrons. The zero-order valence-electron chi connectivity index (χ0n) is 2.96. The largest absolute Gasteiger partial charge is 0.617 e. The SMILES string of the molecule is [B]1OC=COO1. The Balaban J connectivity index is 2.26. The second-order valence-corrected chi connectivity index (χ2v) is 0.697. The Morgan fingerprint density at radius 3 is 2.50 bits per heavy atom. The summed E-state index contributed by atoms with van der Waals surface area (Å²) in [5.41, 5.74) is 0. The third-order valence-corrected chi connectivity index (χ3v) is 0.340. The molecule has 1 aliphatic rings. The molecule has 0 saturated carbocycles. The average Bonchev–Trinajstić information content (AvgIpc) is 1.72. The molecule has 31 valence electrons. The molecule has 0 N–H and O–H groups in total. The highest BCUT2D eigenvalue weighted by molar-refractivity contribution is 6.18. The van der Waals surface area contributed by atoms with Crippen molar-refractivity contribution in [1.29, 1.82) is 0 Å². The van der Waals surface area contributed by atoms with E-state index in [4.69, 9.17) is 0 Å². The van der Waals surface area contributed by atoms with Gasteiger partial charge in [-0.15, -0.1) is 0 Å². The van der Waals surface area contributed by atoms with Gasteiger partial charge >= 0.3 is 7.69 Å². The highest BCUT2D eigenvalue weighted by atomic mass is 17.2. The smallest absolute Gasteiger partial charge is 0.538 e. The summed E-state index contributed by atoms with van der Waals surface area (Å²) in [6.45, 7) is 0. The van der Waals surface area contributed by atoms with Crippen LogP contribution >= 0.6 is 0 Å². The Hall–Kier alpha value is -0.635. The lowest BCUT2D eigenvalue weighted by molar-refractivity contribution is -0.171. The number of rotatable bonds is 0. The van der Waals surface area contributed by atoms with Gasteiger partial charge in [0, 0.05) is 0 Å². The van der Waals surface area contributed by atoms with E-state index in [2.05, 4.69) is 14.3 Å². The lowest BCUT2D eigenvalue weighted by Crippen LogP contribution is -2.02. The highest BCUT2D eigenvalue weighted by Crippen LogP contribution is 1.86. The first-order valence-corrected chi connectivity index (χ1v) is 1.44. The Bertz CT molecular complexity index is 53.8. The molecule has 0 aromatic heterocycles. The molecular formula is C2H2BO3. The van der Waals surface area contributed by atoms with Gasteiger partial charge in [-0.2, -0.15) is 0 Å². The van der Waals surface area contributed by atoms with E-state index < -0.39 is 0 Å². The normalized spacial score (nSPS) is 17.3. The van der Waals surface area contributed by atoms with E-state index in [0.717, 1.165) is 7.69 Å². The Labute approximate surface area is 35.7 Å². The van der Waals surface area contributed by atoms with Crippen LogP contribution in [0.2, 0.25) is 0 Å². The molecule has 0 aliphatic carbocycles. The first kappa shape index (κ1) is 3.55. The minimum atomic E-state index is 1.08. The zero-order valence-corrected chi connectivity index (χ0v) is 2.96. The van der Waals surface area contributed by atoms with Gasteiger partial charge in [-0.1, -0.05) is 0 Å². The van der Waals surface area contributed by atoms with Crippen molar-refractivity contribution in [1.82, 2.24) is 0 Å². The molecule has 1 heterocycles. The summed E-state index contributed by atoms with van der Waals surface area (Å²) in [6, 6.07) is 0. The second kappa shape index (κ2) is 1.72. The van der Waals surface area contributed by atoms with Gasteiger partial charge in [-0.05, 0) is 0 Å². The van der Waals surface area contributed by atoms with E-state index >= 15 is 0 Å². The van der Waals surface area contributed by atoms with E-state index in [1.54, 1.807) is 0 Å². The third-order valence-electron chi connectivity index (χ3n) is 0.340. The van der Waals surface area contributed by atoms with Crippen LogP contribution < -0.4 is 0 Å². The number of hydrogen-bond acceptors (Lipinski definition) is 3. The molecule has 1 aliphatic heterocycles. The summed E-state index contributed by atoms with van der Waals surface area (Å²) in [5.74, 6) is 0. The van der Waals surface area contributed by atoms with Gasteiger partial charge in [0.15, 0.2) is 6.26 Å². The van der Waals surface area contributed by atoms with Gasteiger partial charge in [-0.25, -0.2) is 4.81 Å². The molecule has 0 aromatic rings.